The van der Waals surface area contributed by atoms with Gasteiger partial charge in [0.15, 0.2) is 18.2 Å². The number of methoxy groups -OCH3 is 1. The lowest BCUT2D eigenvalue weighted by Crippen LogP contribution is -2.31. The highest BCUT2D eigenvalue weighted by Crippen LogP contribution is 2.21. The molecule has 1 rings (SSSR count). The minimum Gasteiger partial charge on any atom is -0.494 e. The van der Waals surface area contributed by atoms with Crippen LogP contribution in [0.25, 0.3) is 0 Å². The molecule has 6 heteroatoms. The Hall–Kier alpha value is -1.82. The largest absolute Gasteiger partial charge is 0.494 e. The van der Waals surface area contributed by atoms with Crippen LogP contribution < -0.4 is 14.8 Å². The van der Waals surface area contributed by atoms with Gasteiger partial charge in [-0.15, -0.1) is 0 Å². The summed E-state index contributed by atoms with van der Waals surface area (Å²) in [5.41, 5.74) is 0. The average molecular weight is 313 g/mol. The third-order valence-electron chi connectivity index (χ3n) is 2.90. The molecule has 5 nitrogen and oxygen atoms in total. The van der Waals surface area contributed by atoms with Gasteiger partial charge in [0.2, 0.25) is 0 Å². The molecule has 1 N–H and O–H groups in total. The summed E-state index contributed by atoms with van der Waals surface area (Å²) in [7, 11) is 1.38. The normalized spacial score (nSPS) is 10.6. The third-order valence-corrected chi connectivity index (χ3v) is 2.90. The second kappa shape index (κ2) is 10.00. The van der Waals surface area contributed by atoms with Crippen LogP contribution in [-0.2, 0) is 9.53 Å². The van der Waals surface area contributed by atoms with Crippen molar-refractivity contribution in [3.05, 3.63) is 24.0 Å². The van der Waals surface area contributed by atoms with E-state index < -0.39 is 5.82 Å². The molecule has 0 heterocycles. The van der Waals surface area contributed by atoms with Crippen LogP contribution in [0.2, 0.25) is 0 Å². The van der Waals surface area contributed by atoms with Gasteiger partial charge in [0.1, 0.15) is 5.75 Å². The number of benzene rings is 1. The van der Waals surface area contributed by atoms with E-state index in [4.69, 9.17) is 14.2 Å². The molecule has 1 aromatic carbocycles. The number of carbonyl (C=O) groups excluding carboxylic acids is 1. The number of hydrogen-bond acceptors (Lipinski definition) is 4. The number of carbonyl (C=O) groups is 1. The van der Waals surface area contributed by atoms with Gasteiger partial charge in [-0.1, -0.05) is 13.8 Å². The summed E-state index contributed by atoms with van der Waals surface area (Å²) in [6.07, 6.45) is 1.00. The Morgan fingerprint density at radius 2 is 2.09 bits per heavy atom. The lowest BCUT2D eigenvalue weighted by atomic mass is 10.1. The Morgan fingerprint density at radius 3 is 2.73 bits per heavy atom. The van der Waals surface area contributed by atoms with Crippen LogP contribution in [0.4, 0.5) is 4.39 Å². The molecule has 0 atom stereocenters. The van der Waals surface area contributed by atoms with E-state index in [1.54, 1.807) is 6.07 Å². The fourth-order valence-electron chi connectivity index (χ4n) is 1.62. The topological polar surface area (TPSA) is 56.8 Å². The molecule has 0 aliphatic carbocycles. The van der Waals surface area contributed by atoms with Gasteiger partial charge < -0.3 is 19.5 Å². The van der Waals surface area contributed by atoms with E-state index >= 15 is 0 Å². The van der Waals surface area contributed by atoms with Crippen LogP contribution in [0.5, 0.6) is 11.5 Å². The lowest BCUT2D eigenvalue weighted by Gasteiger charge is -2.09. The maximum atomic E-state index is 13.4. The molecule has 124 valence electrons. The fourth-order valence-corrected chi connectivity index (χ4v) is 1.62. The molecule has 0 spiro atoms. The minimum atomic E-state index is -0.529. The standard InChI is InChI=1S/C16H24FNO4/c1-12(2)6-8-21-9-7-18-16(19)11-22-13-4-5-15(20-3)14(17)10-13/h4-5,10,12H,6-9,11H2,1-3H3,(H,18,19). The Morgan fingerprint density at radius 1 is 1.32 bits per heavy atom. The number of nitrogens with one attached hydrogen (secondary N) is 1. The van der Waals surface area contributed by atoms with Gasteiger partial charge in [0, 0.05) is 19.2 Å². The van der Waals surface area contributed by atoms with Crippen molar-refractivity contribution >= 4 is 5.91 Å². The van der Waals surface area contributed by atoms with Gasteiger partial charge in [0.25, 0.3) is 5.91 Å². The van der Waals surface area contributed by atoms with Crippen LogP contribution in [0, 0.1) is 11.7 Å². The van der Waals surface area contributed by atoms with E-state index in [1.807, 2.05) is 0 Å². The van der Waals surface area contributed by atoms with E-state index in [-0.39, 0.29) is 24.0 Å². The van der Waals surface area contributed by atoms with Crippen molar-refractivity contribution in [1.82, 2.24) is 5.32 Å². The Bertz CT molecular complexity index is 465. The van der Waals surface area contributed by atoms with Gasteiger partial charge >= 0.3 is 0 Å². The van der Waals surface area contributed by atoms with Gasteiger partial charge in [-0.05, 0) is 24.5 Å². The highest BCUT2D eigenvalue weighted by molar-refractivity contribution is 5.77. The zero-order valence-corrected chi connectivity index (χ0v) is 13.4. The molecule has 0 aliphatic rings. The van der Waals surface area contributed by atoms with Gasteiger partial charge in [-0.2, -0.15) is 0 Å². The van der Waals surface area contributed by atoms with E-state index in [0.717, 1.165) is 6.42 Å². The molecule has 1 amide bonds. The SMILES string of the molecule is COc1ccc(OCC(=O)NCCOCCC(C)C)cc1F. The maximum absolute atomic E-state index is 13.4. The molecule has 0 unspecified atom stereocenters. The summed E-state index contributed by atoms with van der Waals surface area (Å²) in [4.78, 5) is 11.6. The molecule has 0 bridgehead atoms. The number of ether oxygens (including phenoxy) is 3. The molecule has 0 saturated carbocycles. The molecular formula is C16H24FNO4. The third kappa shape index (κ3) is 7.26. The first-order valence-electron chi connectivity index (χ1n) is 7.33. The van der Waals surface area contributed by atoms with Crippen molar-refractivity contribution in [3.8, 4) is 11.5 Å². The summed E-state index contributed by atoms with van der Waals surface area (Å²) >= 11 is 0. The highest BCUT2D eigenvalue weighted by atomic mass is 19.1. The van der Waals surface area contributed by atoms with Crippen LogP contribution in [-0.4, -0.2) is 39.4 Å². The van der Waals surface area contributed by atoms with Crippen molar-refractivity contribution in [1.29, 1.82) is 0 Å². The first-order valence-corrected chi connectivity index (χ1v) is 7.33. The van der Waals surface area contributed by atoms with Crippen molar-refractivity contribution < 1.29 is 23.4 Å². The minimum absolute atomic E-state index is 0.135. The summed E-state index contributed by atoms with van der Waals surface area (Å²) in [6, 6.07) is 4.18. The van der Waals surface area contributed by atoms with Gasteiger partial charge in [-0.25, -0.2) is 4.39 Å². The highest BCUT2D eigenvalue weighted by Gasteiger charge is 2.06. The number of hydrogen-bond donors (Lipinski definition) is 1. The van der Waals surface area contributed by atoms with E-state index in [1.165, 1.54) is 19.2 Å². The second-order valence-electron chi connectivity index (χ2n) is 5.23. The van der Waals surface area contributed by atoms with Crippen LogP contribution in [0.15, 0.2) is 18.2 Å². The number of rotatable bonds is 10. The van der Waals surface area contributed by atoms with Crippen molar-refractivity contribution in [3.63, 3.8) is 0 Å². The number of amides is 1. The smallest absolute Gasteiger partial charge is 0.258 e. The van der Waals surface area contributed by atoms with Crippen molar-refractivity contribution in [2.24, 2.45) is 5.92 Å². The van der Waals surface area contributed by atoms with Crippen molar-refractivity contribution in [2.45, 2.75) is 20.3 Å². The molecule has 0 fully saturated rings. The van der Waals surface area contributed by atoms with Crippen LogP contribution in [0.1, 0.15) is 20.3 Å². The van der Waals surface area contributed by atoms with Gasteiger partial charge in [-0.3, -0.25) is 4.79 Å². The first kappa shape index (κ1) is 18.2. The fraction of sp³-hybridized carbons (Fsp3) is 0.562. The summed E-state index contributed by atoms with van der Waals surface area (Å²) < 4.78 is 28.8. The zero-order valence-electron chi connectivity index (χ0n) is 13.4. The van der Waals surface area contributed by atoms with Crippen molar-refractivity contribution in [2.75, 3.05) is 33.5 Å². The maximum Gasteiger partial charge on any atom is 0.258 e. The predicted molar refractivity (Wildman–Crippen MR) is 81.7 cm³/mol. The number of halogens is 1. The monoisotopic (exact) mass is 313 g/mol. The molecule has 22 heavy (non-hydrogen) atoms. The Labute approximate surface area is 130 Å². The predicted octanol–water partition coefficient (Wildman–Crippen LogP) is 2.39. The molecule has 0 saturated heterocycles. The van der Waals surface area contributed by atoms with E-state index in [2.05, 4.69) is 19.2 Å². The summed E-state index contributed by atoms with van der Waals surface area (Å²) in [5.74, 6) is 0.215. The molecule has 1 aromatic rings. The van der Waals surface area contributed by atoms with E-state index in [0.29, 0.717) is 25.7 Å². The summed E-state index contributed by atoms with van der Waals surface area (Å²) in [5, 5.41) is 2.67. The molecule has 0 radical (unpaired) electrons. The lowest BCUT2D eigenvalue weighted by molar-refractivity contribution is -0.123. The zero-order chi connectivity index (χ0) is 16.4. The Balaban J connectivity index is 2.16. The quantitative estimate of drug-likeness (QED) is 0.674. The average Bonchev–Trinajstić information content (AvgIpc) is 2.48. The molecular weight excluding hydrogens is 289 g/mol. The summed E-state index contributed by atoms with van der Waals surface area (Å²) in [6.45, 7) is 5.68. The van der Waals surface area contributed by atoms with Crippen LogP contribution >= 0.6 is 0 Å². The Kier molecular flexibility index (Phi) is 8.28. The van der Waals surface area contributed by atoms with E-state index in [9.17, 15) is 9.18 Å². The second-order valence-corrected chi connectivity index (χ2v) is 5.23. The van der Waals surface area contributed by atoms with Gasteiger partial charge in [0.05, 0.1) is 13.7 Å². The first-order chi connectivity index (χ1) is 10.5. The molecule has 0 aromatic heterocycles. The van der Waals surface area contributed by atoms with Crippen LogP contribution in [0.3, 0.4) is 0 Å². The molecule has 0 aliphatic heterocycles.